The Morgan fingerprint density at radius 2 is 1.72 bits per heavy atom. The Morgan fingerprint density at radius 1 is 0.960 bits per heavy atom. The molecule has 0 radical (unpaired) electrons. The summed E-state index contributed by atoms with van der Waals surface area (Å²) in [6.45, 7) is 6.70. The van der Waals surface area contributed by atoms with Crippen LogP contribution in [-0.2, 0) is 19.5 Å². The molecule has 0 amide bonds. The average Bonchev–Trinajstić information content (AvgIpc) is 2.63. The largest absolute Gasteiger partial charge is 0.368 e. The highest BCUT2D eigenvalue weighted by atomic mass is 15.3. The van der Waals surface area contributed by atoms with E-state index in [1.807, 2.05) is 0 Å². The molecule has 0 bridgehead atoms. The number of hydrogen-bond donors (Lipinski definition) is 1. The van der Waals surface area contributed by atoms with E-state index in [1.165, 1.54) is 11.1 Å². The zero-order chi connectivity index (χ0) is 17.2. The molecule has 4 rings (SSSR count). The maximum atomic E-state index is 5.97. The molecule has 1 aromatic carbocycles. The summed E-state index contributed by atoms with van der Waals surface area (Å²) in [6, 6.07) is 8.57. The molecule has 3 heterocycles. The lowest BCUT2D eigenvalue weighted by molar-refractivity contribution is 0.145. The fourth-order valence-electron chi connectivity index (χ4n) is 3.51. The van der Waals surface area contributed by atoms with Gasteiger partial charge in [-0.3, -0.25) is 4.90 Å². The quantitative estimate of drug-likeness (QED) is 0.885. The van der Waals surface area contributed by atoms with E-state index in [0.717, 1.165) is 58.1 Å². The third-order valence-corrected chi connectivity index (χ3v) is 5.06. The lowest BCUT2D eigenvalue weighted by Crippen LogP contribution is -2.44. The Balaban J connectivity index is 1.50. The Kier molecular flexibility index (Phi) is 4.50. The molecule has 7 nitrogen and oxygen atoms in total. The minimum atomic E-state index is 0.313. The van der Waals surface area contributed by atoms with Crippen molar-refractivity contribution in [2.45, 2.75) is 19.5 Å². The molecular weight excluding hydrogens is 314 g/mol. The van der Waals surface area contributed by atoms with E-state index in [4.69, 9.17) is 10.7 Å². The van der Waals surface area contributed by atoms with Crippen LogP contribution in [0.1, 0.15) is 17.0 Å². The fourth-order valence-corrected chi connectivity index (χ4v) is 3.51. The van der Waals surface area contributed by atoms with Gasteiger partial charge in [0.1, 0.15) is 5.82 Å². The van der Waals surface area contributed by atoms with Crippen molar-refractivity contribution >= 4 is 11.9 Å². The predicted octanol–water partition coefficient (Wildman–Crippen LogP) is 0.764. The van der Waals surface area contributed by atoms with Gasteiger partial charge in [-0.05, 0) is 24.6 Å². The maximum Gasteiger partial charge on any atom is 0.230 e. The zero-order valence-electron chi connectivity index (χ0n) is 14.7. The topological polar surface area (TPSA) is 74.4 Å². The standard InChI is InChI=1S/C18H25N7/c1-23-8-10-24(11-9-23)13-16-20-17(19)22-18(21-16)25-7-6-14-4-2-3-5-15(14)12-25/h2-5H,6-13H2,1H3,(H2,19,20,21,22). The van der Waals surface area contributed by atoms with Crippen LogP contribution >= 0.6 is 0 Å². The van der Waals surface area contributed by atoms with Crippen LogP contribution in [-0.4, -0.2) is 64.5 Å². The summed E-state index contributed by atoms with van der Waals surface area (Å²) in [4.78, 5) is 20.4. The second kappa shape index (κ2) is 6.93. The Labute approximate surface area is 148 Å². The number of nitrogens with zero attached hydrogens (tertiary/aromatic N) is 6. The number of benzene rings is 1. The maximum absolute atomic E-state index is 5.97. The number of hydrogen-bond acceptors (Lipinski definition) is 7. The van der Waals surface area contributed by atoms with E-state index in [0.29, 0.717) is 11.9 Å². The molecule has 0 aliphatic carbocycles. The SMILES string of the molecule is CN1CCN(Cc2nc(N)nc(N3CCc4ccccc4C3)n2)CC1. The second-order valence-electron chi connectivity index (χ2n) is 6.93. The molecule has 2 N–H and O–H groups in total. The van der Waals surface area contributed by atoms with E-state index in [-0.39, 0.29) is 0 Å². The van der Waals surface area contributed by atoms with Crippen molar-refractivity contribution < 1.29 is 0 Å². The van der Waals surface area contributed by atoms with E-state index in [1.54, 1.807) is 0 Å². The van der Waals surface area contributed by atoms with E-state index >= 15 is 0 Å². The Bertz CT molecular complexity index is 740. The van der Waals surface area contributed by atoms with Crippen LogP contribution in [0.3, 0.4) is 0 Å². The molecule has 2 aliphatic rings. The number of aromatic nitrogens is 3. The molecule has 1 fully saturated rings. The highest BCUT2D eigenvalue weighted by molar-refractivity contribution is 5.41. The molecule has 25 heavy (non-hydrogen) atoms. The smallest absolute Gasteiger partial charge is 0.230 e. The first-order valence-electron chi connectivity index (χ1n) is 8.90. The van der Waals surface area contributed by atoms with Crippen molar-refractivity contribution in [3.63, 3.8) is 0 Å². The van der Waals surface area contributed by atoms with Gasteiger partial charge in [0.2, 0.25) is 11.9 Å². The van der Waals surface area contributed by atoms with Gasteiger partial charge in [-0.25, -0.2) is 0 Å². The molecule has 2 aliphatic heterocycles. The van der Waals surface area contributed by atoms with E-state index in [2.05, 4.69) is 56.0 Å². The van der Waals surface area contributed by atoms with Crippen LogP contribution in [0, 0.1) is 0 Å². The highest BCUT2D eigenvalue weighted by Gasteiger charge is 2.21. The summed E-state index contributed by atoms with van der Waals surface area (Å²) in [6.07, 6.45) is 1.01. The van der Waals surface area contributed by atoms with Gasteiger partial charge < -0.3 is 15.5 Å². The number of anilines is 2. The second-order valence-corrected chi connectivity index (χ2v) is 6.93. The number of fused-ring (bicyclic) bond motifs is 1. The molecule has 7 heteroatoms. The molecule has 1 saturated heterocycles. The van der Waals surface area contributed by atoms with Crippen LogP contribution < -0.4 is 10.6 Å². The van der Waals surface area contributed by atoms with E-state index in [9.17, 15) is 0 Å². The van der Waals surface area contributed by atoms with Crippen molar-refractivity contribution in [2.75, 3.05) is 50.4 Å². The zero-order valence-corrected chi connectivity index (χ0v) is 14.7. The third-order valence-electron chi connectivity index (χ3n) is 5.06. The van der Waals surface area contributed by atoms with Gasteiger partial charge in [0.05, 0.1) is 6.54 Å². The molecular formula is C18H25N7. The first-order chi connectivity index (χ1) is 12.2. The number of nitrogen functional groups attached to an aromatic ring is 1. The van der Waals surface area contributed by atoms with Crippen LogP contribution in [0.2, 0.25) is 0 Å². The summed E-state index contributed by atoms with van der Waals surface area (Å²) in [5, 5.41) is 0. The summed E-state index contributed by atoms with van der Waals surface area (Å²) < 4.78 is 0. The molecule has 1 aromatic heterocycles. The lowest BCUT2D eigenvalue weighted by Gasteiger charge is -2.32. The first-order valence-corrected chi connectivity index (χ1v) is 8.90. The van der Waals surface area contributed by atoms with Gasteiger partial charge in [0.25, 0.3) is 0 Å². The van der Waals surface area contributed by atoms with Gasteiger partial charge in [0, 0.05) is 39.3 Å². The summed E-state index contributed by atoms with van der Waals surface area (Å²) >= 11 is 0. The van der Waals surface area contributed by atoms with Crippen molar-refractivity contribution in [3.05, 3.63) is 41.2 Å². The highest BCUT2D eigenvalue weighted by Crippen LogP contribution is 2.22. The Hall–Kier alpha value is -2.25. The summed E-state index contributed by atoms with van der Waals surface area (Å²) in [5.41, 5.74) is 8.73. The monoisotopic (exact) mass is 339 g/mol. The molecule has 0 saturated carbocycles. The van der Waals surface area contributed by atoms with Gasteiger partial charge in [-0.2, -0.15) is 15.0 Å². The lowest BCUT2D eigenvalue weighted by atomic mass is 10.0. The van der Waals surface area contributed by atoms with Crippen LogP contribution in [0.25, 0.3) is 0 Å². The molecule has 0 unspecified atom stereocenters. The van der Waals surface area contributed by atoms with Gasteiger partial charge in [-0.1, -0.05) is 24.3 Å². The number of rotatable bonds is 3. The van der Waals surface area contributed by atoms with Crippen molar-refractivity contribution in [1.29, 1.82) is 0 Å². The van der Waals surface area contributed by atoms with Crippen LogP contribution in [0.5, 0.6) is 0 Å². The molecule has 132 valence electrons. The first kappa shape index (κ1) is 16.2. The van der Waals surface area contributed by atoms with Crippen LogP contribution in [0.15, 0.2) is 24.3 Å². The van der Waals surface area contributed by atoms with Crippen molar-refractivity contribution in [3.8, 4) is 0 Å². The van der Waals surface area contributed by atoms with Crippen molar-refractivity contribution in [2.24, 2.45) is 0 Å². The molecule has 0 spiro atoms. The number of piperazine rings is 1. The summed E-state index contributed by atoms with van der Waals surface area (Å²) in [7, 11) is 2.16. The third kappa shape index (κ3) is 3.72. The Morgan fingerprint density at radius 3 is 2.52 bits per heavy atom. The number of likely N-dealkylation sites (N-methyl/N-ethyl adjacent to an activating group) is 1. The van der Waals surface area contributed by atoms with Crippen LogP contribution in [0.4, 0.5) is 11.9 Å². The normalized spacial score (nSPS) is 19.0. The van der Waals surface area contributed by atoms with E-state index < -0.39 is 0 Å². The molecule has 2 aromatic rings. The fraction of sp³-hybridized carbons (Fsp3) is 0.500. The summed E-state index contributed by atoms with van der Waals surface area (Å²) in [5.74, 6) is 1.78. The number of nitrogens with two attached hydrogens (primary N) is 1. The minimum Gasteiger partial charge on any atom is -0.368 e. The van der Waals surface area contributed by atoms with Gasteiger partial charge in [0.15, 0.2) is 0 Å². The van der Waals surface area contributed by atoms with Crippen molar-refractivity contribution in [1.82, 2.24) is 24.8 Å². The molecule has 0 atom stereocenters. The van der Waals surface area contributed by atoms with Gasteiger partial charge in [-0.15, -0.1) is 0 Å². The predicted molar refractivity (Wildman–Crippen MR) is 98.2 cm³/mol. The minimum absolute atomic E-state index is 0.313. The van der Waals surface area contributed by atoms with Gasteiger partial charge >= 0.3 is 0 Å². The average molecular weight is 339 g/mol.